The maximum Gasteiger partial charge on any atom is 0.407 e. The lowest BCUT2D eigenvalue weighted by Gasteiger charge is -2.19. The molecule has 26 heavy (non-hydrogen) atoms. The quantitative estimate of drug-likeness (QED) is 0.672. The Labute approximate surface area is 164 Å². The summed E-state index contributed by atoms with van der Waals surface area (Å²) in [5.41, 5.74) is 1.11. The van der Waals surface area contributed by atoms with Gasteiger partial charge in [-0.2, -0.15) is 13.2 Å². The molecule has 0 unspecified atom stereocenters. The number of rotatable bonds is 2. The van der Waals surface area contributed by atoms with Gasteiger partial charge in [-0.3, -0.25) is 4.79 Å². The normalized spacial score (nSPS) is 14.4. The smallest absolute Gasteiger partial charge is 0.311 e. The summed E-state index contributed by atoms with van der Waals surface area (Å²) in [6, 6.07) is 5.42. The maximum absolute atomic E-state index is 12.4. The molecule has 142 valence electrons. The summed E-state index contributed by atoms with van der Waals surface area (Å²) < 4.78 is 39.0. The highest BCUT2D eigenvalue weighted by molar-refractivity contribution is 7.80. The fourth-order valence-electron chi connectivity index (χ4n) is 2.73. The molecule has 1 aliphatic rings. The molecule has 9 heteroatoms. The molecule has 1 aromatic heterocycles. The number of nitrogens with zero attached hydrogens (tertiary/aromatic N) is 1. The Bertz CT molecular complexity index is 822. The minimum absolute atomic E-state index is 0.0110. The number of hydrogen-bond donors (Lipinski definition) is 2. The van der Waals surface area contributed by atoms with Crippen molar-refractivity contribution in [3.05, 3.63) is 62.0 Å². The molecular weight excluding hydrogens is 408 g/mol. The van der Waals surface area contributed by atoms with Crippen molar-refractivity contribution in [2.45, 2.75) is 36.5 Å². The fraction of sp³-hybridized carbons (Fsp3) is 0.353. The summed E-state index contributed by atoms with van der Waals surface area (Å²) in [4.78, 5) is 11.9. The molecule has 0 radical (unpaired) electrons. The number of halogens is 5. The lowest BCUT2D eigenvalue weighted by Crippen LogP contribution is -2.31. The standard InChI is InChI=1S/C9H9ClF3N.C8H8ClNOS/c1-14-8(9(11,12)13)6-2-4-7(10)5-3-6;9-8-5-2-1-3-10(5)7(11)4-6(8)12/h2-5,8,14H,1H3;4,12H,1-3H2/t8-;/m1./s1. The Morgan fingerprint density at radius 2 is 1.85 bits per heavy atom. The minimum atomic E-state index is -4.29. The van der Waals surface area contributed by atoms with Crippen molar-refractivity contribution in [3.8, 4) is 0 Å². The molecular formula is C17H17Cl2F3N2OS. The first-order valence-corrected chi connectivity index (χ1v) is 8.96. The van der Waals surface area contributed by atoms with Crippen molar-refractivity contribution >= 4 is 35.8 Å². The van der Waals surface area contributed by atoms with Gasteiger partial charge in [0.05, 0.1) is 5.02 Å². The van der Waals surface area contributed by atoms with Gasteiger partial charge in [-0.1, -0.05) is 35.3 Å². The molecule has 1 atom stereocenters. The number of fused-ring (bicyclic) bond motifs is 1. The Morgan fingerprint density at radius 1 is 1.23 bits per heavy atom. The molecule has 3 nitrogen and oxygen atoms in total. The summed E-state index contributed by atoms with van der Waals surface area (Å²) in [5.74, 6) is 0. The number of pyridine rings is 1. The van der Waals surface area contributed by atoms with E-state index in [1.165, 1.54) is 37.4 Å². The van der Waals surface area contributed by atoms with Crippen LogP contribution in [0.3, 0.4) is 0 Å². The van der Waals surface area contributed by atoms with Gasteiger partial charge in [0.1, 0.15) is 6.04 Å². The molecule has 0 fully saturated rings. The van der Waals surface area contributed by atoms with Gasteiger partial charge in [0, 0.05) is 28.2 Å². The van der Waals surface area contributed by atoms with Crippen LogP contribution in [-0.2, 0) is 13.0 Å². The predicted molar refractivity (Wildman–Crippen MR) is 101 cm³/mol. The van der Waals surface area contributed by atoms with Crippen LogP contribution in [-0.4, -0.2) is 17.8 Å². The van der Waals surface area contributed by atoms with E-state index in [0.29, 0.717) is 14.9 Å². The summed E-state index contributed by atoms with van der Waals surface area (Å²) in [6.45, 7) is 0.794. The van der Waals surface area contributed by atoms with Crippen molar-refractivity contribution < 1.29 is 13.2 Å². The van der Waals surface area contributed by atoms with E-state index in [1.807, 2.05) is 0 Å². The second-order valence-corrected chi connectivity index (χ2v) is 6.99. The maximum atomic E-state index is 12.4. The van der Waals surface area contributed by atoms with E-state index in [9.17, 15) is 18.0 Å². The van der Waals surface area contributed by atoms with Gasteiger partial charge in [-0.15, -0.1) is 12.6 Å². The molecule has 0 saturated carbocycles. The van der Waals surface area contributed by atoms with E-state index in [4.69, 9.17) is 23.2 Å². The number of benzene rings is 1. The first-order chi connectivity index (χ1) is 12.1. The van der Waals surface area contributed by atoms with Crippen LogP contribution in [0.4, 0.5) is 13.2 Å². The van der Waals surface area contributed by atoms with Crippen LogP contribution >= 0.6 is 35.8 Å². The Hall–Kier alpha value is -1.15. The van der Waals surface area contributed by atoms with E-state index in [2.05, 4.69) is 17.9 Å². The van der Waals surface area contributed by atoms with Crippen LogP contribution < -0.4 is 10.9 Å². The lowest BCUT2D eigenvalue weighted by molar-refractivity contribution is -0.156. The molecule has 0 saturated heterocycles. The third-order valence-corrected chi connectivity index (χ3v) is 5.10. The van der Waals surface area contributed by atoms with E-state index in [-0.39, 0.29) is 11.1 Å². The summed E-state index contributed by atoms with van der Waals surface area (Å²) >= 11 is 15.7. The van der Waals surface area contributed by atoms with E-state index < -0.39 is 12.2 Å². The van der Waals surface area contributed by atoms with Gasteiger partial charge < -0.3 is 9.88 Å². The SMILES string of the molecule is CN[C@H](c1ccc(Cl)cc1)C(F)(F)F.O=c1cc(S)c(Cl)c2n1CCC2. The Kier molecular flexibility index (Phi) is 7.07. The lowest BCUT2D eigenvalue weighted by atomic mass is 10.1. The summed E-state index contributed by atoms with van der Waals surface area (Å²) in [6.07, 6.45) is -2.39. The number of hydrogen-bond acceptors (Lipinski definition) is 3. The third kappa shape index (κ3) is 4.97. The van der Waals surface area contributed by atoms with Crippen molar-refractivity contribution in [3.63, 3.8) is 0 Å². The van der Waals surface area contributed by atoms with E-state index in [0.717, 1.165) is 25.1 Å². The predicted octanol–water partition coefficient (Wildman–Crippen LogP) is 4.90. The monoisotopic (exact) mass is 424 g/mol. The highest BCUT2D eigenvalue weighted by atomic mass is 35.5. The molecule has 2 aromatic rings. The van der Waals surface area contributed by atoms with Gasteiger partial charge in [-0.05, 0) is 37.6 Å². The van der Waals surface area contributed by atoms with Crippen molar-refractivity contribution in [2.75, 3.05) is 7.05 Å². The van der Waals surface area contributed by atoms with Gasteiger partial charge in [-0.25, -0.2) is 0 Å². The number of nitrogens with one attached hydrogen (secondary N) is 1. The molecule has 1 N–H and O–H groups in total. The summed E-state index contributed by atoms with van der Waals surface area (Å²) in [7, 11) is 1.27. The fourth-order valence-corrected chi connectivity index (χ4v) is 3.34. The van der Waals surface area contributed by atoms with Gasteiger partial charge in [0.25, 0.3) is 5.56 Å². The molecule has 2 heterocycles. The second-order valence-electron chi connectivity index (χ2n) is 5.70. The average molecular weight is 425 g/mol. The molecule has 1 aliphatic heterocycles. The molecule has 1 aromatic carbocycles. The van der Waals surface area contributed by atoms with E-state index >= 15 is 0 Å². The first kappa shape index (κ1) is 21.2. The molecule has 3 rings (SSSR count). The number of aromatic nitrogens is 1. The largest absolute Gasteiger partial charge is 0.407 e. The number of thiol groups is 1. The van der Waals surface area contributed by atoms with Crippen molar-refractivity contribution in [1.29, 1.82) is 0 Å². The zero-order chi connectivity index (χ0) is 19.5. The molecule has 0 bridgehead atoms. The topological polar surface area (TPSA) is 34.0 Å². The van der Waals surface area contributed by atoms with Crippen molar-refractivity contribution in [2.24, 2.45) is 0 Å². The number of alkyl halides is 3. The molecule has 0 spiro atoms. The van der Waals surface area contributed by atoms with Crippen LogP contribution in [0.5, 0.6) is 0 Å². The van der Waals surface area contributed by atoms with Gasteiger partial charge >= 0.3 is 6.18 Å². The highest BCUT2D eigenvalue weighted by Crippen LogP contribution is 2.32. The first-order valence-electron chi connectivity index (χ1n) is 7.75. The van der Waals surface area contributed by atoms with Crippen LogP contribution in [0.1, 0.15) is 23.7 Å². The van der Waals surface area contributed by atoms with Crippen LogP contribution in [0.25, 0.3) is 0 Å². The zero-order valence-corrected chi connectivity index (χ0v) is 16.2. The van der Waals surface area contributed by atoms with E-state index in [1.54, 1.807) is 4.57 Å². The van der Waals surface area contributed by atoms with Crippen LogP contribution in [0.15, 0.2) is 40.0 Å². The van der Waals surface area contributed by atoms with Crippen molar-refractivity contribution in [1.82, 2.24) is 9.88 Å². The highest BCUT2D eigenvalue weighted by Gasteiger charge is 2.39. The van der Waals surface area contributed by atoms with Crippen LogP contribution in [0, 0.1) is 0 Å². The second kappa shape index (κ2) is 8.69. The minimum Gasteiger partial charge on any atom is -0.311 e. The summed E-state index contributed by atoms with van der Waals surface area (Å²) in [5, 5.41) is 3.27. The third-order valence-electron chi connectivity index (χ3n) is 3.94. The zero-order valence-electron chi connectivity index (χ0n) is 13.8. The Morgan fingerprint density at radius 3 is 2.38 bits per heavy atom. The van der Waals surface area contributed by atoms with Gasteiger partial charge in [0.15, 0.2) is 0 Å². The average Bonchev–Trinajstić information content (AvgIpc) is 3.05. The molecule has 0 amide bonds. The van der Waals surface area contributed by atoms with Crippen LogP contribution in [0.2, 0.25) is 10.0 Å². The van der Waals surface area contributed by atoms with Gasteiger partial charge in [0.2, 0.25) is 0 Å². The molecule has 0 aliphatic carbocycles. The Balaban J connectivity index is 0.000000189.